The molecule has 0 saturated carbocycles. The molecule has 0 aromatic heterocycles. The summed E-state index contributed by atoms with van der Waals surface area (Å²) in [5, 5.41) is 0. The van der Waals surface area contributed by atoms with E-state index in [0.29, 0.717) is 44.6 Å². The lowest BCUT2D eigenvalue weighted by Gasteiger charge is -2.41. The van der Waals surface area contributed by atoms with Gasteiger partial charge in [0.05, 0.1) is 0 Å². The second-order valence-electron chi connectivity index (χ2n) is 12.1. The molecule has 4 aromatic rings. The number of hydrogen-bond donors (Lipinski definition) is 0. The van der Waals surface area contributed by atoms with Crippen LogP contribution in [0.3, 0.4) is 0 Å². The standard InChI is InChI=1S/C37H42BNO/c1-23-19-31-34-33(20-23)40-32-22-26(37(8,9)10)13-17-28(32)38(34)29-21-25(36(5,6)7)14-18-30(29)39(31)27-15-11-24(12-16-27)35(2,3)4/h11-22H,1-10H3/i2D3,5D3,8D3,9D3,10D3. The average molecular weight is 543 g/mol. The molecule has 0 saturated heterocycles. The third kappa shape index (κ3) is 4.35. The SMILES string of the molecule is [2H]C([2H])([2H])C(C)(C)c1ccc(N2c3ccc(C(C)(C)C([2H])([2H])[2H])cc3B3c4ccc(C(C([2H])([2H])[2H])(C([2H])([2H])[2H])C([2H])([2H])[2H])cc4Oc4cc(C)cc2c43)cc1. The number of benzene rings is 4. The zero-order valence-electron chi connectivity index (χ0n) is 38.4. The first kappa shape index (κ1) is 14.4. The lowest BCUT2D eigenvalue weighted by atomic mass is 9.34. The fourth-order valence-electron chi connectivity index (χ4n) is 5.81. The third-order valence-corrected chi connectivity index (χ3v) is 7.92. The van der Waals surface area contributed by atoms with E-state index in [4.69, 9.17) is 25.3 Å². The second-order valence-corrected chi connectivity index (χ2v) is 12.1. The third-order valence-electron chi connectivity index (χ3n) is 7.92. The number of aryl methyl sites for hydroxylation is 1. The minimum atomic E-state index is -3.48. The van der Waals surface area contributed by atoms with Crippen molar-refractivity contribution in [3.05, 3.63) is 95.1 Å². The van der Waals surface area contributed by atoms with Gasteiger partial charge in [-0.2, -0.15) is 0 Å². The van der Waals surface area contributed by atoms with Crippen molar-refractivity contribution in [2.24, 2.45) is 0 Å². The summed E-state index contributed by atoms with van der Waals surface area (Å²) in [5.74, 6) is 0.438. The lowest BCUT2D eigenvalue weighted by Crippen LogP contribution is -2.59. The molecule has 0 radical (unpaired) electrons. The Labute approximate surface area is 262 Å². The summed E-state index contributed by atoms with van der Waals surface area (Å²) in [4.78, 5) is 2.00. The molecule has 40 heavy (non-hydrogen) atoms. The number of fused-ring (bicyclic) bond motifs is 4. The Bertz CT molecular complexity index is 2120. The van der Waals surface area contributed by atoms with Gasteiger partial charge < -0.3 is 9.64 Å². The van der Waals surface area contributed by atoms with Gasteiger partial charge in [-0.15, -0.1) is 0 Å². The van der Waals surface area contributed by atoms with Crippen LogP contribution in [0.1, 0.15) is 105 Å². The summed E-state index contributed by atoms with van der Waals surface area (Å²) in [5.41, 5.74) is -0.248. The largest absolute Gasteiger partial charge is 0.458 e. The number of nitrogens with zero attached hydrogens (tertiary/aromatic N) is 1. The van der Waals surface area contributed by atoms with Crippen molar-refractivity contribution in [3.63, 3.8) is 0 Å². The van der Waals surface area contributed by atoms with Crippen LogP contribution in [0.25, 0.3) is 0 Å². The molecule has 0 bridgehead atoms. The summed E-state index contributed by atoms with van der Waals surface area (Å²) in [6.45, 7) is -7.24. The van der Waals surface area contributed by atoms with Crippen molar-refractivity contribution >= 4 is 40.2 Å². The van der Waals surface area contributed by atoms with Crippen molar-refractivity contribution in [1.82, 2.24) is 0 Å². The highest BCUT2D eigenvalue weighted by Crippen LogP contribution is 2.43. The van der Waals surface area contributed by atoms with Gasteiger partial charge in [-0.1, -0.05) is 98.4 Å². The minimum Gasteiger partial charge on any atom is -0.458 e. The molecule has 2 aliphatic rings. The van der Waals surface area contributed by atoms with E-state index in [0.717, 1.165) is 11.3 Å². The highest BCUT2D eigenvalue weighted by molar-refractivity contribution is 6.99. The number of ether oxygens (including phenoxy) is 1. The van der Waals surface area contributed by atoms with Crippen molar-refractivity contribution in [3.8, 4) is 11.5 Å². The number of hydrogen-bond acceptors (Lipinski definition) is 2. The molecular formula is C37H42BNO. The van der Waals surface area contributed by atoms with E-state index in [1.807, 2.05) is 42.2 Å². The van der Waals surface area contributed by atoms with Crippen molar-refractivity contribution in [2.75, 3.05) is 4.90 Å². The summed E-state index contributed by atoms with van der Waals surface area (Å²) >= 11 is 0. The molecule has 2 aliphatic heterocycles. The Balaban J connectivity index is 1.65. The van der Waals surface area contributed by atoms with Crippen molar-refractivity contribution in [2.45, 2.75) is 85.1 Å². The molecule has 0 atom stereocenters. The van der Waals surface area contributed by atoms with Crippen LogP contribution in [0.15, 0.2) is 72.8 Å². The van der Waals surface area contributed by atoms with Gasteiger partial charge in [-0.25, -0.2) is 0 Å². The molecule has 3 heteroatoms. The monoisotopic (exact) mass is 542 g/mol. The quantitative estimate of drug-likeness (QED) is 0.194. The Kier molecular flexibility index (Phi) is 3.17. The first-order chi connectivity index (χ1) is 24.9. The van der Waals surface area contributed by atoms with Crippen LogP contribution >= 0.6 is 0 Å². The van der Waals surface area contributed by atoms with Crippen molar-refractivity contribution < 1.29 is 25.3 Å². The molecule has 2 nitrogen and oxygen atoms in total. The van der Waals surface area contributed by atoms with Crippen LogP contribution in [-0.2, 0) is 16.2 Å². The van der Waals surface area contributed by atoms with Gasteiger partial charge >= 0.3 is 0 Å². The Morgan fingerprint density at radius 2 is 1.25 bits per heavy atom. The fourth-order valence-corrected chi connectivity index (χ4v) is 5.81. The molecule has 0 unspecified atom stereocenters. The van der Waals surface area contributed by atoms with Crippen LogP contribution in [0, 0.1) is 6.92 Å². The molecule has 204 valence electrons. The lowest BCUT2D eigenvalue weighted by molar-refractivity contribution is 0.483. The summed E-state index contributed by atoms with van der Waals surface area (Å²) in [7, 11) is 0. The highest BCUT2D eigenvalue weighted by atomic mass is 16.5. The zero-order valence-corrected chi connectivity index (χ0v) is 23.4. The molecular weight excluding hydrogens is 485 g/mol. The maximum Gasteiger partial charge on any atom is 0.256 e. The van der Waals surface area contributed by atoms with E-state index in [9.17, 15) is 0 Å². The highest BCUT2D eigenvalue weighted by Gasteiger charge is 2.42. The van der Waals surface area contributed by atoms with Gasteiger partial charge in [-0.05, 0) is 98.2 Å². The van der Waals surface area contributed by atoms with Gasteiger partial charge in [0.15, 0.2) is 0 Å². The van der Waals surface area contributed by atoms with E-state index in [1.54, 1.807) is 52.0 Å². The van der Waals surface area contributed by atoms with Crippen molar-refractivity contribution in [1.29, 1.82) is 0 Å². The number of rotatable bonds is 1. The van der Waals surface area contributed by atoms with Crippen LogP contribution in [0.5, 0.6) is 11.5 Å². The van der Waals surface area contributed by atoms with Crippen LogP contribution in [0.2, 0.25) is 0 Å². The molecule has 0 spiro atoms. The summed E-state index contributed by atoms with van der Waals surface area (Å²) in [6, 6.07) is 20.4. The van der Waals surface area contributed by atoms with Crippen LogP contribution in [0.4, 0.5) is 17.1 Å². The predicted octanol–water partition coefficient (Wildman–Crippen LogP) is 8.29. The normalized spacial score (nSPS) is 21.5. The molecule has 0 aliphatic carbocycles. The molecule has 0 N–H and O–H groups in total. The van der Waals surface area contributed by atoms with Gasteiger partial charge in [0.1, 0.15) is 11.5 Å². The first-order valence-corrected chi connectivity index (χ1v) is 13.4. The average Bonchev–Trinajstić information content (AvgIpc) is 3.01. The molecule has 6 rings (SSSR count). The van der Waals surface area contributed by atoms with E-state index >= 15 is 0 Å². The molecule has 2 heterocycles. The Morgan fingerprint density at radius 1 is 0.625 bits per heavy atom. The molecule has 0 fully saturated rings. The van der Waals surface area contributed by atoms with Gasteiger partial charge in [0.2, 0.25) is 0 Å². The fraction of sp³-hybridized carbons (Fsp3) is 0.351. The van der Waals surface area contributed by atoms with Crippen LogP contribution in [-0.4, -0.2) is 6.71 Å². The number of anilines is 3. The Hall–Kier alpha value is -3.46. The second kappa shape index (κ2) is 8.77. The molecule has 0 amide bonds. The van der Waals surface area contributed by atoms with E-state index in [-0.39, 0.29) is 5.75 Å². The van der Waals surface area contributed by atoms with Gasteiger partial charge in [0.25, 0.3) is 6.71 Å². The van der Waals surface area contributed by atoms with E-state index in [2.05, 4.69) is 0 Å². The van der Waals surface area contributed by atoms with Gasteiger partial charge in [0, 0.05) is 37.6 Å². The molecule has 4 aromatic carbocycles. The minimum absolute atomic E-state index is 0.0739. The maximum absolute atomic E-state index is 8.36. The predicted molar refractivity (Wildman–Crippen MR) is 173 cm³/mol. The van der Waals surface area contributed by atoms with Crippen LogP contribution < -0.4 is 26.0 Å². The van der Waals surface area contributed by atoms with E-state index < -0.39 is 62.8 Å². The maximum atomic E-state index is 8.36. The topological polar surface area (TPSA) is 12.5 Å². The van der Waals surface area contributed by atoms with Gasteiger partial charge in [-0.3, -0.25) is 0 Å². The summed E-state index contributed by atoms with van der Waals surface area (Å²) < 4.78 is 130. The zero-order chi connectivity index (χ0) is 41.3. The van der Waals surface area contributed by atoms with E-state index in [1.165, 1.54) is 18.2 Å². The smallest absolute Gasteiger partial charge is 0.256 e. The summed E-state index contributed by atoms with van der Waals surface area (Å²) in [6.07, 6.45) is 0. The first-order valence-electron chi connectivity index (χ1n) is 20.9. The Morgan fingerprint density at radius 3 is 1.95 bits per heavy atom.